The molecular weight excluding hydrogens is 319 g/mol. The highest BCUT2D eigenvalue weighted by Gasteiger charge is 2.12. The van der Waals surface area contributed by atoms with Crippen molar-refractivity contribution in [3.05, 3.63) is 55.4 Å². The Hall–Kier alpha value is -2.72. The Morgan fingerprint density at radius 1 is 1.12 bits per heavy atom. The third kappa shape index (κ3) is 2.55. The average molecular weight is 336 g/mol. The topological polar surface area (TPSA) is 60.0 Å². The second-order valence-electron chi connectivity index (χ2n) is 5.46. The molecule has 0 aliphatic rings. The monoisotopic (exact) mass is 336 g/mol. The molecular formula is C17H17N6P. The second kappa shape index (κ2) is 6.06. The van der Waals surface area contributed by atoms with E-state index in [-0.39, 0.29) is 0 Å². The molecule has 1 N–H and O–H groups in total. The number of benzene rings is 1. The fourth-order valence-electron chi connectivity index (χ4n) is 2.69. The van der Waals surface area contributed by atoms with Gasteiger partial charge in [-0.3, -0.25) is 4.40 Å². The molecule has 0 spiro atoms. The lowest BCUT2D eigenvalue weighted by Gasteiger charge is -2.09. The number of nitrogens with one attached hydrogen (secondary N) is 1. The molecule has 3 aromatic heterocycles. The van der Waals surface area contributed by atoms with Crippen LogP contribution in [-0.2, 0) is 7.05 Å². The molecule has 120 valence electrons. The van der Waals surface area contributed by atoms with Crippen LogP contribution >= 0.6 is 8.58 Å². The standard InChI is InChI=1S/C17H17N6P/c1-22-11-18-9-14(22)15-10-20-17-16(19-6-7-23(15)17)21-12-4-3-5-13(8-12)24-2/h3-11,24H,1-2H3,(H,19,21). The van der Waals surface area contributed by atoms with Crippen LogP contribution in [-0.4, -0.2) is 30.6 Å². The number of aromatic nitrogens is 5. The van der Waals surface area contributed by atoms with E-state index in [1.165, 1.54) is 5.30 Å². The maximum Gasteiger partial charge on any atom is 0.180 e. The van der Waals surface area contributed by atoms with Gasteiger partial charge in [-0.05, 0) is 24.1 Å². The first-order valence-electron chi connectivity index (χ1n) is 7.60. The Morgan fingerprint density at radius 3 is 2.83 bits per heavy atom. The van der Waals surface area contributed by atoms with Gasteiger partial charge in [-0.2, -0.15) is 0 Å². The number of fused-ring (bicyclic) bond motifs is 1. The minimum atomic E-state index is 0.738. The van der Waals surface area contributed by atoms with Gasteiger partial charge in [0.15, 0.2) is 11.5 Å². The molecule has 4 rings (SSSR count). The van der Waals surface area contributed by atoms with Gasteiger partial charge >= 0.3 is 0 Å². The highest BCUT2D eigenvalue weighted by atomic mass is 31.1. The lowest BCUT2D eigenvalue weighted by Crippen LogP contribution is -2.01. The predicted octanol–water partition coefficient (Wildman–Crippen LogP) is 2.81. The highest BCUT2D eigenvalue weighted by Crippen LogP contribution is 2.24. The van der Waals surface area contributed by atoms with E-state index < -0.39 is 0 Å². The molecule has 1 aromatic carbocycles. The molecule has 0 aliphatic heterocycles. The fraction of sp³-hybridized carbons (Fsp3) is 0.118. The summed E-state index contributed by atoms with van der Waals surface area (Å²) in [6.07, 6.45) is 9.17. The zero-order valence-electron chi connectivity index (χ0n) is 13.4. The smallest absolute Gasteiger partial charge is 0.180 e. The number of hydrogen-bond donors (Lipinski definition) is 1. The van der Waals surface area contributed by atoms with E-state index in [9.17, 15) is 0 Å². The third-order valence-corrected chi connectivity index (χ3v) is 4.81. The molecule has 0 saturated carbocycles. The summed E-state index contributed by atoms with van der Waals surface area (Å²) in [5.41, 5.74) is 3.80. The largest absolute Gasteiger partial charge is 0.337 e. The molecule has 24 heavy (non-hydrogen) atoms. The van der Waals surface area contributed by atoms with Gasteiger partial charge in [0.05, 0.1) is 30.1 Å². The van der Waals surface area contributed by atoms with E-state index in [4.69, 9.17) is 0 Å². The van der Waals surface area contributed by atoms with E-state index in [1.807, 2.05) is 40.7 Å². The van der Waals surface area contributed by atoms with Crippen molar-refractivity contribution >= 4 is 31.0 Å². The fourth-order valence-corrected chi connectivity index (χ4v) is 3.25. The third-order valence-electron chi connectivity index (χ3n) is 3.92. The summed E-state index contributed by atoms with van der Waals surface area (Å²) in [6.45, 7) is 2.17. The molecule has 0 amide bonds. The lowest BCUT2D eigenvalue weighted by molar-refractivity contribution is 0.913. The maximum absolute atomic E-state index is 4.55. The van der Waals surface area contributed by atoms with Gasteiger partial charge < -0.3 is 9.88 Å². The number of hydrogen-bond acceptors (Lipinski definition) is 4. The van der Waals surface area contributed by atoms with E-state index in [1.54, 1.807) is 12.5 Å². The quantitative estimate of drug-likeness (QED) is 0.582. The van der Waals surface area contributed by atoms with Crippen molar-refractivity contribution in [1.29, 1.82) is 0 Å². The molecule has 0 aliphatic carbocycles. The minimum Gasteiger partial charge on any atom is -0.337 e. The average Bonchev–Trinajstić information content (AvgIpc) is 3.21. The number of nitrogens with zero attached hydrogens (tertiary/aromatic N) is 5. The zero-order chi connectivity index (χ0) is 16.5. The van der Waals surface area contributed by atoms with Crippen LogP contribution in [0.1, 0.15) is 0 Å². The van der Waals surface area contributed by atoms with E-state index in [2.05, 4.69) is 45.1 Å². The number of anilines is 2. The van der Waals surface area contributed by atoms with Crippen LogP contribution in [0.3, 0.4) is 0 Å². The summed E-state index contributed by atoms with van der Waals surface area (Å²) >= 11 is 0. The Kier molecular flexibility index (Phi) is 3.75. The SMILES string of the molecule is CPc1cccc(Nc2nccn3c(-c4cncn4C)cnc23)c1. The Balaban J connectivity index is 1.77. The molecule has 0 saturated heterocycles. The number of rotatable bonds is 4. The Labute approximate surface area is 141 Å². The maximum atomic E-state index is 4.55. The number of imidazole rings is 2. The van der Waals surface area contributed by atoms with E-state index >= 15 is 0 Å². The molecule has 1 unspecified atom stereocenters. The molecule has 3 heterocycles. The van der Waals surface area contributed by atoms with Crippen LogP contribution in [0.2, 0.25) is 0 Å². The normalized spacial score (nSPS) is 11.6. The molecule has 0 fully saturated rings. The van der Waals surface area contributed by atoms with Gasteiger partial charge in [-0.1, -0.05) is 20.7 Å². The molecule has 7 heteroatoms. The first kappa shape index (κ1) is 14.8. The van der Waals surface area contributed by atoms with Crippen LogP contribution < -0.4 is 10.6 Å². The van der Waals surface area contributed by atoms with E-state index in [0.29, 0.717) is 0 Å². The minimum absolute atomic E-state index is 0.738. The predicted molar refractivity (Wildman–Crippen MR) is 98.8 cm³/mol. The van der Waals surface area contributed by atoms with Crippen LogP contribution in [0.5, 0.6) is 0 Å². The van der Waals surface area contributed by atoms with Gasteiger partial charge in [0.1, 0.15) is 0 Å². The van der Waals surface area contributed by atoms with Crippen molar-refractivity contribution in [2.75, 3.05) is 12.0 Å². The molecule has 0 bridgehead atoms. The van der Waals surface area contributed by atoms with Crippen molar-refractivity contribution in [2.24, 2.45) is 7.05 Å². The van der Waals surface area contributed by atoms with Gasteiger partial charge in [0.25, 0.3) is 0 Å². The van der Waals surface area contributed by atoms with Gasteiger partial charge in [-0.15, -0.1) is 0 Å². The van der Waals surface area contributed by atoms with Crippen LogP contribution in [0, 0.1) is 0 Å². The molecule has 4 aromatic rings. The summed E-state index contributed by atoms with van der Waals surface area (Å²) in [5.74, 6) is 0.738. The Morgan fingerprint density at radius 2 is 2.04 bits per heavy atom. The molecule has 0 radical (unpaired) electrons. The van der Waals surface area contributed by atoms with Crippen LogP contribution in [0.25, 0.3) is 17.0 Å². The lowest BCUT2D eigenvalue weighted by atomic mass is 10.3. The second-order valence-corrected chi connectivity index (χ2v) is 6.54. The van der Waals surface area contributed by atoms with Crippen LogP contribution in [0.15, 0.2) is 55.4 Å². The first-order valence-corrected chi connectivity index (χ1v) is 9.10. The van der Waals surface area contributed by atoms with Gasteiger partial charge in [0.2, 0.25) is 0 Å². The Bertz CT molecular complexity index is 1000. The van der Waals surface area contributed by atoms with Gasteiger partial charge in [-0.25, -0.2) is 15.0 Å². The summed E-state index contributed by atoms with van der Waals surface area (Å²) in [5, 5.41) is 4.69. The van der Waals surface area contributed by atoms with Crippen molar-refractivity contribution in [2.45, 2.75) is 0 Å². The summed E-state index contributed by atoms with van der Waals surface area (Å²) in [7, 11) is 2.74. The van der Waals surface area contributed by atoms with Crippen molar-refractivity contribution < 1.29 is 0 Å². The number of aryl methyl sites for hydroxylation is 1. The summed E-state index contributed by atoms with van der Waals surface area (Å²) in [4.78, 5) is 13.2. The summed E-state index contributed by atoms with van der Waals surface area (Å²) < 4.78 is 4.00. The summed E-state index contributed by atoms with van der Waals surface area (Å²) in [6, 6.07) is 8.38. The van der Waals surface area contributed by atoms with E-state index in [0.717, 1.165) is 37.1 Å². The zero-order valence-corrected chi connectivity index (χ0v) is 14.4. The molecule has 6 nitrogen and oxygen atoms in total. The van der Waals surface area contributed by atoms with Crippen molar-refractivity contribution in [3.63, 3.8) is 0 Å². The molecule has 1 atom stereocenters. The first-order chi connectivity index (χ1) is 11.8. The van der Waals surface area contributed by atoms with Gasteiger partial charge in [0, 0.05) is 25.1 Å². The van der Waals surface area contributed by atoms with Crippen molar-refractivity contribution in [3.8, 4) is 11.4 Å². The van der Waals surface area contributed by atoms with Crippen LogP contribution in [0.4, 0.5) is 11.5 Å². The van der Waals surface area contributed by atoms with Crippen molar-refractivity contribution in [1.82, 2.24) is 23.9 Å². The highest BCUT2D eigenvalue weighted by molar-refractivity contribution is 7.46.